The first-order valence-corrected chi connectivity index (χ1v) is 10.8. The number of allylic oxidation sites excluding steroid dienone is 2. The number of nitrogens with two attached hydrogens (primary N) is 1. The predicted molar refractivity (Wildman–Crippen MR) is 129 cm³/mol. The second-order valence-corrected chi connectivity index (χ2v) is 8.24. The number of nitrogens with zero attached hydrogens (tertiary/aromatic N) is 2. The van der Waals surface area contributed by atoms with E-state index in [1.54, 1.807) is 55.5 Å². The summed E-state index contributed by atoms with van der Waals surface area (Å²) in [5.41, 5.74) is 4.74. The van der Waals surface area contributed by atoms with Gasteiger partial charge in [-0.05, 0) is 36.8 Å². The third-order valence-corrected chi connectivity index (χ3v) is 5.38. The molecule has 0 aliphatic rings. The average molecular weight is 515 g/mol. The Hall–Kier alpha value is -4.41. The van der Waals surface area contributed by atoms with E-state index >= 15 is 0 Å². The quantitative estimate of drug-likeness (QED) is 0.192. The van der Waals surface area contributed by atoms with Crippen molar-refractivity contribution in [2.75, 3.05) is 5.32 Å². The molecule has 5 nitrogen and oxygen atoms in total. The van der Waals surface area contributed by atoms with Crippen LogP contribution in [0.1, 0.15) is 23.6 Å². The van der Waals surface area contributed by atoms with Gasteiger partial charge in [0, 0.05) is 27.7 Å². The molecule has 0 aliphatic carbocycles. The highest BCUT2D eigenvalue weighted by molar-refractivity contribution is 6.07. The Morgan fingerprint density at radius 1 is 0.838 bits per heavy atom. The molecule has 1 aromatic heterocycles. The van der Waals surface area contributed by atoms with Crippen molar-refractivity contribution in [1.82, 2.24) is 10.2 Å². The van der Waals surface area contributed by atoms with Crippen LogP contribution in [-0.2, 0) is 12.4 Å². The van der Waals surface area contributed by atoms with Crippen molar-refractivity contribution < 1.29 is 26.3 Å². The summed E-state index contributed by atoms with van der Waals surface area (Å²) in [6, 6.07) is 14.9. The fraction of sp³-hybridized carbons (Fsp3) is 0.115. The molecule has 190 valence electrons. The van der Waals surface area contributed by atoms with Crippen LogP contribution in [0.2, 0.25) is 0 Å². The van der Waals surface area contributed by atoms with Gasteiger partial charge in [0.15, 0.2) is 5.82 Å². The summed E-state index contributed by atoms with van der Waals surface area (Å²) in [5, 5.41) is 19.9. The molecule has 3 aromatic carbocycles. The van der Waals surface area contributed by atoms with Crippen molar-refractivity contribution in [3.8, 4) is 11.3 Å². The lowest BCUT2D eigenvalue weighted by atomic mass is 10.0. The summed E-state index contributed by atoms with van der Waals surface area (Å²) in [5.74, 6) is -0.00578. The van der Waals surface area contributed by atoms with Crippen LogP contribution in [0, 0.1) is 5.41 Å². The maximum Gasteiger partial charge on any atom is 0.416 e. The van der Waals surface area contributed by atoms with Crippen LogP contribution >= 0.6 is 0 Å². The molecule has 0 aliphatic heterocycles. The third-order valence-electron chi connectivity index (χ3n) is 5.38. The van der Waals surface area contributed by atoms with Crippen LogP contribution in [0.15, 0.2) is 78.5 Å². The first-order valence-electron chi connectivity index (χ1n) is 10.8. The summed E-state index contributed by atoms with van der Waals surface area (Å²) in [6.45, 7) is 1.67. The number of anilines is 2. The molecular formula is C26H19F6N5. The molecule has 4 aromatic rings. The zero-order chi connectivity index (χ0) is 27.0. The van der Waals surface area contributed by atoms with Gasteiger partial charge in [0.05, 0.1) is 16.8 Å². The number of nitrogens with one attached hydrogen (secondary N) is 2. The number of fused-ring (bicyclic) bond motifs is 1. The number of rotatable bonds is 5. The van der Waals surface area contributed by atoms with Gasteiger partial charge in [-0.15, -0.1) is 10.2 Å². The number of benzene rings is 3. The second-order valence-electron chi connectivity index (χ2n) is 8.24. The molecule has 0 spiro atoms. The van der Waals surface area contributed by atoms with Gasteiger partial charge in [-0.25, -0.2) is 0 Å². The van der Waals surface area contributed by atoms with E-state index in [0.29, 0.717) is 45.4 Å². The molecule has 4 N–H and O–H groups in total. The summed E-state index contributed by atoms with van der Waals surface area (Å²) < 4.78 is 79.6. The molecule has 0 unspecified atom stereocenters. The van der Waals surface area contributed by atoms with E-state index in [9.17, 15) is 26.3 Å². The van der Waals surface area contributed by atoms with Crippen LogP contribution < -0.4 is 11.1 Å². The van der Waals surface area contributed by atoms with Crippen molar-refractivity contribution in [2.45, 2.75) is 19.3 Å². The fourth-order valence-electron chi connectivity index (χ4n) is 3.69. The van der Waals surface area contributed by atoms with Crippen LogP contribution in [0.4, 0.5) is 37.8 Å². The SMILES string of the molecule is C/C(N)=C/C(=N)c1ccc(-c2nnc(Nc3cc(C(F)(F)F)cc(C(F)(F)F)c3)c3ccccc23)cc1. The third kappa shape index (κ3) is 5.71. The van der Waals surface area contributed by atoms with E-state index in [4.69, 9.17) is 11.1 Å². The summed E-state index contributed by atoms with van der Waals surface area (Å²) in [7, 11) is 0. The molecule has 11 heteroatoms. The number of alkyl halides is 6. The Balaban J connectivity index is 1.76. The van der Waals surface area contributed by atoms with Gasteiger partial charge >= 0.3 is 12.4 Å². The van der Waals surface area contributed by atoms with E-state index in [1.807, 2.05) is 0 Å². The van der Waals surface area contributed by atoms with E-state index in [1.165, 1.54) is 6.08 Å². The summed E-state index contributed by atoms with van der Waals surface area (Å²) in [6.07, 6.45) is -8.43. The molecule has 1 heterocycles. The molecule has 0 bridgehead atoms. The smallest absolute Gasteiger partial charge is 0.402 e. The predicted octanol–water partition coefficient (Wildman–Crippen LogP) is 7.31. The van der Waals surface area contributed by atoms with Crippen LogP contribution in [-0.4, -0.2) is 15.9 Å². The highest BCUT2D eigenvalue weighted by Crippen LogP contribution is 2.39. The van der Waals surface area contributed by atoms with Gasteiger partial charge < -0.3 is 16.5 Å². The largest absolute Gasteiger partial charge is 0.416 e. The van der Waals surface area contributed by atoms with E-state index in [-0.39, 0.29) is 17.6 Å². The van der Waals surface area contributed by atoms with Crippen molar-refractivity contribution in [3.63, 3.8) is 0 Å². The van der Waals surface area contributed by atoms with Crippen molar-refractivity contribution >= 4 is 28.0 Å². The Morgan fingerprint density at radius 2 is 1.41 bits per heavy atom. The Labute approximate surface area is 207 Å². The van der Waals surface area contributed by atoms with Crippen LogP contribution in [0.5, 0.6) is 0 Å². The van der Waals surface area contributed by atoms with E-state index < -0.39 is 29.2 Å². The van der Waals surface area contributed by atoms with Crippen molar-refractivity contribution in [2.24, 2.45) is 5.73 Å². The number of aromatic nitrogens is 2. The van der Waals surface area contributed by atoms with Gasteiger partial charge in [0.2, 0.25) is 0 Å². The number of halogens is 6. The molecule has 0 radical (unpaired) electrons. The fourth-order valence-corrected chi connectivity index (χ4v) is 3.69. The summed E-state index contributed by atoms with van der Waals surface area (Å²) >= 11 is 0. The Bertz CT molecular complexity index is 1470. The van der Waals surface area contributed by atoms with Crippen LogP contribution in [0.25, 0.3) is 22.0 Å². The zero-order valence-corrected chi connectivity index (χ0v) is 19.2. The van der Waals surface area contributed by atoms with E-state index in [2.05, 4.69) is 15.5 Å². The van der Waals surface area contributed by atoms with Gasteiger partial charge in [0.1, 0.15) is 5.69 Å². The molecular weight excluding hydrogens is 496 g/mol. The second kappa shape index (κ2) is 9.57. The molecule has 0 saturated carbocycles. The standard InChI is InChI=1S/C26H19F6N5/c1-14(33)10-22(34)15-6-8-16(9-7-15)23-20-4-2-3-5-21(20)24(37-36-23)35-19-12-17(25(27,28)29)11-18(13-19)26(30,31)32/h2-13,34H,33H2,1H3,(H,35,37)/b14-10-,34-22?. The minimum atomic E-state index is -4.98. The zero-order valence-electron chi connectivity index (χ0n) is 19.2. The van der Waals surface area contributed by atoms with Gasteiger partial charge in [-0.3, -0.25) is 0 Å². The maximum absolute atomic E-state index is 13.3. The maximum atomic E-state index is 13.3. The lowest BCUT2D eigenvalue weighted by Gasteiger charge is -2.16. The topological polar surface area (TPSA) is 87.7 Å². The molecule has 4 rings (SSSR count). The van der Waals surface area contributed by atoms with Crippen molar-refractivity contribution in [3.05, 3.63) is 95.2 Å². The van der Waals surface area contributed by atoms with Crippen LogP contribution in [0.3, 0.4) is 0 Å². The normalized spacial score (nSPS) is 12.6. The first-order chi connectivity index (χ1) is 17.3. The summed E-state index contributed by atoms with van der Waals surface area (Å²) in [4.78, 5) is 0. The Kier molecular flexibility index (Phi) is 6.64. The highest BCUT2D eigenvalue weighted by atomic mass is 19.4. The highest BCUT2D eigenvalue weighted by Gasteiger charge is 2.37. The molecule has 0 saturated heterocycles. The lowest BCUT2D eigenvalue weighted by molar-refractivity contribution is -0.143. The molecule has 0 atom stereocenters. The Morgan fingerprint density at radius 3 is 1.95 bits per heavy atom. The van der Waals surface area contributed by atoms with Gasteiger partial charge in [-0.1, -0.05) is 48.5 Å². The molecule has 37 heavy (non-hydrogen) atoms. The van der Waals surface area contributed by atoms with Crippen molar-refractivity contribution in [1.29, 1.82) is 5.41 Å². The molecule has 0 amide bonds. The van der Waals surface area contributed by atoms with Gasteiger partial charge in [0.25, 0.3) is 0 Å². The monoisotopic (exact) mass is 515 g/mol. The minimum absolute atomic E-state index is 0.00578. The number of hydrogen-bond acceptors (Lipinski definition) is 5. The first kappa shape index (κ1) is 25.7. The minimum Gasteiger partial charge on any atom is -0.402 e. The number of hydrogen-bond donors (Lipinski definition) is 3. The average Bonchev–Trinajstić information content (AvgIpc) is 2.83. The van der Waals surface area contributed by atoms with Gasteiger partial charge in [-0.2, -0.15) is 26.3 Å². The molecule has 0 fully saturated rings. The van der Waals surface area contributed by atoms with E-state index in [0.717, 1.165) is 0 Å². The lowest BCUT2D eigenvalue weighted by Crippen LogP contribution is -2.12.